The van der Waals surface area contributed by atoms with Gasteiger partial charge in [0.15, 0.2) is 0 Å². The van der Waals surface area contributed by atoms with Crippen LogP contribution < -0.4 is 5.32 Å². The Hall–Kier alpha value is -0.950. The third-order valence-electron chi connectivity index (χ3n) is 4.94. The highest BCUT2D eigenvalue weighted by Crippen LogP contribution is 2.22. The number of carbonyl (C=O) groups is 1. The van der Waals surface area contributed by atoms with Gasteiger partial charge in [-0.25, -0.2) is 0 Å². The fourth-order valence-electron chi connectivity index (χ4n) is 3.54. The number of thiophene rings is 1. The van der Waals surface area contributed by atoms with E-state index in [1.807, 2.05) is 0 Å². The number of aryl methyl sites for hydroxylation is 1. The van der Waals surface area contributed by atoms with E-state index in [1.165, 1.54) is 4.88 Å². The first-order valence-electron chi connectivity index (χ1n) is 9.01. The molecule has 134 valence electrons. The largest absolute Gasteiger partial charge is 0.381 e. The van der Waals surface area contributed by atoms with Gasteiger partial charge in [0.25, 0.3) is 0 Å². The molecule has 24 heavy (non-hydrogen) atoms. The fraction of sp³-hybridized carbons (Fsp3) is 0.722. The van der Waals surface area contributed by atoms with Crippen LogP contribution in [0.3, 0.4) is 0 Å². The second-order valence-electron chi connectivity index (χ2n) is 6.58. The first kappa shape index (κ1) is 17.9. The Balaban J connectivity index is 1.42. The summed E-state index contributed by atoms with van der Waals surface area (Å²) in [7, 11) is 0. The summed E-state index contributed by atoms with van der Waals surface area (Å²) in [6.07, 6.45) is 3.61. The van der Waals surface area contributed by atoms with E-state index >= 15 is 0 Å². The number of hydrogen-bond acceptors (Lipinski definition) is 5. The van der Waals surface area contributed by atoms with Crippen LogP contribution in [0.1, 0.15) is 24.1 Å². The summed E-state index contributed by atoms with van der Waals surface area (Å²) in [6.45, 7) is 5.88. The SMILES string of the molecule is O=C(CCCc1cccs1)NCC(C1CCOC1)N1CCOCC1. The average molecular weight is 353 g/mol. The summed E-state index contributed by atoms with van der Waals surface area (Å²) in [5.41, 5.74) is 0. The topological polar surface area (TPSA) is 50.8 Å². The van der Waals surface area contributed by atoms with Crippen LogP contribution in [0.5, 0.6) is 0 Å². The number of nitrogens with zero attached hydrogens (tertiary/aromatic N) is 1. The molecule has 1 aromatic heterocycles. The summed E-state index contributed by atoms with van der Waals surface area (Å²) in [6, 6.07) is 4.57. The fourth-order valence-corrected chi connectivity index (χ4v) is 4.30. The van der Waals surface area contributed by atoms with Gasteiger partial charge in [-0.15, -0.1) is 11.3 Å². The van der Waals surface area contributed by atoms with Crippen LogP contribution in [0.15, 0.2) is 17.5 Å². The Morgan fingerprint density at radius 2 is 2.21 bits per heavy atom. The Labute approximate surface area is 148 Å². The zero-order chi connectivity index (χ0) is 16.6. The van der Waals surface area contributed by atoms with Crippen LogP contribution in [-0.4, -0.2) is 62.9 Å². The van der Waals surface area contributed by atoms with Crippen molar-refractivity contribution in [3.63, 3.8) is 0 Å². The smallest absolute Gasteiger partial charge is 0.220 e. The summed E-state index contributed by atoms with van der Waals surface area (Å²) in [5.74, 6) is 0.693. The minimum Gasteiger partial charge on any atom is -0.381 e. The molecular formula is C18H28N2O3S. The number of amides is 1. The van der Waals surface area contributed by atoms with Crippen molar-refractivity contribution in [3.05, 3.63) is 22.4 Å². The zero-order valence-electron chi connectivity index (χ0n) is 14.2. The minimum absolute atomic E-state index is 0.170. The lowest BCUT2D eigenvalue weighted by Crippen LogP contribution is -2.52. The highest BCUT2D eigenvalue weighted by molar-refractivity contribution is 7.09. The molecule has 1 aromatic rings. The van der Waals surface area contributed by atoms with Gasteiger partial charge in [-0.05, 0) is 30.7 Å². The van der Waals surface area contributed by atoms with Crippen LogP contribution in [0.4, 0.5) is 0 Å². The molecule has 0 saturated carbocycles. The molecule has 5 nitrogen and oxygen atoms in total. The molecule has 0 bridgehead atoms. The molecule has 2 unspecified atom stereocenters. The first-order valence-corrected chi connectivity index (χ1v) is 9.89. The van der Waals surface area contributed by atoms with E-state index in [-0.39, 0.29) is 5.91 Å². The standard InChI is InChI=1S/C18H28N2O3S/c21-18(5-1-3-16-4-2-12-24-16)19-13-17(15-6-9-23-14-15)20-7-10-22-11-8-20/h2,4,12,15,17H,1,3,5-11,13-14H2,(H,19,21). The maximum absolute atomic E-state index is 12.2. The molecule has 2 saturated heterocycles. The zero-order valence-corrected chi connectivity index (χ0v) is 15.1. The van der Waals surface area contributed by atoms with Crippen molar-refractivity contribution in [2.75, 3.05) is 46.1 Å². The molecule has 2 atom stereocenters. The van der Waals surface area contributed by atoms with E-state index in [0.717, 1.165) is 65.3 Å². The second kappa shape index (κ2) is 9.51. The maximum Gasteiger partial charge on any atom is 0.220 e. The minimum atomic E-state index is 0.170. The Kier molecular flexibility index (Phi) is 7.08. The van der Waals surface area contributed by atoms with Crippen LogP contribution in [0.25, 0.3) is 0 Å². The van der Waals surface area contributed by atoms with Gasteiger partial charge in [0.2, 0.25) is 5.91 Å². The van der Waals surface area contributed by atoms with E-state index in [9.17, 15) is 4.79 Å². The molecule has 0 aliphatic carbocycles. The molecule has 3 heterocycles. The molecule has 3 rings (SSSR count). The van der Waals surface area contributed by atoms with Gasteiger partial charge in [0, 0.05) is 49.5 Å². The molecule has 0 spiro atoms. The van der Waals surface area contributed by atoms with Crippen LogP contribution >= 0.6 is 11.3 Å². The monoisotopic (exact) mass is 352 g/mol. The quantitative estimate of drug-likeness (QED) is 0.777. The lowest BCUT2D eigenvalue weighted by atomic mass is 9.96. The third kappa shape index (κ3) is 5.28. The maximum atomic E-state index is 12.2. The number of hydrogen-bond donors (Lipinski definition) is 1. The van der Waals surface area contributed by atoms with E-state index in [2.05, 4.69) is 27.7 Å². The highest BCUT2D eigenvalue weighted by atomic mass is 32.1. The Morgan fingerprint density at radius 3 is 2.92 bits per heavy atom. The van der Waals surface area contributed by atoms with Crippen molar-refractivity contribution >= 4 is 17.2 Å². The third-order valence-corrected chi connectivity index (χ3v) is 5.88. The second-order valence-corrected chi connectivity index (χ2v) is 7.61. The van der Waals surface area contributed by atoms with Gasteiger partial charge in [-0.3, -0.25) is 9.69 Å². The van der Waals surface area contributed by atoms with Crippen LogP contribution in [0.2, 0.25) is 0 Å². The van der Waals surface area contributed by atoms with Gasteiger partial charge in [-0.1, -0.05) is 6.07 Å². The molecule has 2 aliphatic rings. The van der Waals surface area contributed by atoms with Crippen LogP contribution in [0, 0.1) is 5.92 Å². The molecule has 2 aliphatic heterocycles. The number of nitrogens with one attached hydrogen (secondary N) is 1. The first-order chi connectivity index (χ1) is 11.8. The van der Waals surface area contributed by atoms with Crippen molar-refractivity contribution in [2.45, 2.75) is 31.7 Å². The van der Waals surface area contributed by atoms with Gasteiger partial charge >= 0.3 is 0 Å². The van der Waals surface area contributed by atoms with Crippen molar-refractivity contribution in [1.29, 1.82) is 0 Å². The number of carbonyl (C=O) groups excluding carboxylic acids is 1. The summed E-state index contributed by atoms with van der Waals surface area (Å²) < 4.78 is 11.0. The molecule has 6 heteroatoms. The van der Waals surface area contributed by atoms with Crippen molar-refractivity contribution in [3.8, 4) is 0 Å². The number of ether oxygens (including phenoxy) is 2. The van der Waals surface area contributed by atoms with E-state index in [1.54, 1.807) is 11.3 Å². The molecule has 2 fully saturated rings. The summed E-state index contributed by atoms with van der Waals surface area (Å²) in [4.78, 5) is 16.0. The molecular weight excluding hydrogens is 324 g/mol. The lowest BCUT2D eigenvalue weighted by molar-refractivity contribution is -0.121. The predicted octanol–water partition coefficient (Wildman–Crippen LogP) is 1.92. The van der Waals surface area contributed by atoms with Crippen LogP contribution in [-0.2, 0) is 20.7 Å². The summed E-state index contributed by atoms with van der Waals surface area (Å²) >= 11 is 1.76. The molecule has 0 radical (unpaired) electrons. The van der Waals surface area contributed by atoms with Gasteiger partial charge in [0.05, 0.1) is 19.8 Å². The van der Waals surface area contributed by atoms with E-state index in [4.69, 9.17) is 9.47 Å². The Morgan fingerprint density at radius 1 is 1.33 bits per heavy atom. The van der Waals surface area contributed by atoms with Crippen molar-refractivity contribution in [1.82, 2.24) is 10.2 Å². The normalized spacial score (nSPS) is 23.2. The summed E-state index contributed by atoms with van der Waals surface area (Å²) in [5, 5.41) is 5.25. The van der Waals surface area contributed by atoms with E-state index in [0.29, 0.717) is 18.4 Å². The van der Waals surface area contributed by atoms with Gasteiger partial charge in [0.1, 0.15) is 0 Å². The highest BCUT2D eigenvalue weighted by Gasteiger charge is 2.31. The van der Waals surface area contributed by atoms with Crippen molar-refractivity contribution in [2.24, 2.45) is 5.92 Å². The Bertz CT molecular complexity index is 482. The number of rotatable bonds is 8. The van der Waals surface area contributed by atoms with E-state index < -0.39 is 0 Å². The number of morpholine rings is 1. The molecule has 0 aromatic carbocycles. The van der Waals surface area contributed by atoms with Crippen molar-refractivity contribution < 1.29 is 14.3 Å². The average Bonchev–Trinajstić information content (AvgIpc) is 3.30. The molecule has 1 N–H and O–H groups in total. The van der Waals surface area contributed by atoms with Gasteiger partial charge in [-0.2, -0.15) is 0 Å². The van der Waals surface area contributed by atoms with Gasteiger partial charge < -0.3 is 14.8 Å². The predicted molar refractivity (Wildman–Crippen MR) is 95.4 cm³/mol. The lowest BCUT2D eigenvalue weighted by Gasteiger charge is -2.37. The molecule has 1 amide bonds.